The molecular weight excluding hydrogens is 532 g/mol. The molecule has 2 atom stereocenters. The average molecular weight is 570 g/mol. The lowest BCUT2D eigenvalue weighted by atomic mass is 9.96. The smallest absolute Gasteiger partial charge is 0.281 e. The van der Waals surface area contributed by atoms with Crippen molar-refractivity contribution in [2.24, 2.45) is 4.99 Å². The molecule has 37 heavy (non-hydrogen) atoms. The van der Waals surface area contributed by atoms with E-state index in [9.17, 15) is 9.90 Å². The number of phenolic OH excluding ortho intramolecular Hbond substituents is 1. The number of hydrogen-bond donors (Lipinski definition) is 2. The maximum Gasteiger partial charge on any atom is 0.281 e. The second-order valence-corrected chi connectivity index (χ2v) is 11.1. The van der Waals surface area contributed by atoms with Gasteiger partial charge in [-0.2, -0.15) is 4.98 Å². The number of benzene rings is 1. The fraction of sp³-hybridized carbons (Fsp3) is 0.536. The minimum atomic E-state index is -0.0329. The molecule has 3 heterocycles. The number of aromatic nitrogens is 2. The Kier molecular flexibility index (Phi) is 7.60. The number of carbonyl (C=O) groups excluding carboxylic acids is 1. The Morgan fingerprint density at radius 2 is 1.95 bits per heavy atom. The van der Waals surface area contributed by atoms with Crippen LogP contribution in [0, 0.1) is 0 Å². The van der Waals surface area contributed by atoms with E-state index in [0.29, 0.717) is 29.3 Å². The van der Waals surface area contributed by atoms with Crippen molar-refractivity contribution >= 4 is 39.6 Å². The van der Waals surface area contributed by atoms with Crippen LogP contribution in [0.1, 0.15) is 81.3 Å². The minimum absolute atomic E-state index is 0.0329. The molecule has 0 bridgehead atoms. The molecule has 2 aliphatic heterocycles. The van der Waals surface area contributed by atoms with Gasteiger partial charge in [-0.05, 0) is 79.6 Å². The van der Waals surface area contributed by atoms with E-state index < -0.39 is 0 Å². The van der Waals surface area contributed by atoms with Crippen LogP contribution in [0.2, 0.25) is 0 Å². The van der Waals surface area contributed by atoms with Gasteiger partial charge in [0.1, 0.15) is 5.75 Å². The van der Waals surface area contributed by atoms with E-state index in [1.165, 1.54) is 19.3 Å². The number of carbonyl (C=O) groups is 1. The first-order valence-corrected chi connectivity index (χ1v) is 14.4. The highest BCUT2D eigenvalue weighted by atomic mass is 79.9. The molecule has 9 heteroatoms. The number of imidazole rings is 1. The molecule has 2 aromatic rings. The molecule has 1 amide bonds. The third-order valence-corrected chi connectivity index (χ3v) is 8.38. The first kappa shape index (κ1) is 25.8. The molecule has 0 radical (unpaired) electrons. The van der Waals surface area contributed by atoms with E-state index in [-0.39, 0.29) is 23.7 Å². The van der Waals surface area contributed by atoms with Crippen molar-refractivity contribution in [2.75, 3.05) is 16.8 Å². The number of fused-ring (bicyclic) bond motifs is 5. The molecule has 0 spiro atoms. The second-order valence-electron chi connectivity index (χ2n) is 10.3. The summed E-state index contributed by atoms with van der Waals surface area (Å²) < 4.78 is 2.69. The Labute approximate surface area is 227 Å². The summed E-state index contributed by atoms with van der Waals surface area (Å²) in [4.78, 5) is 28.0. The van der Waals surface area contributed by atoms with Crippen molar-refractivity contribution in [2.45, 2.75) is 89.9 Å². The number of phenols is 1. The van der Waals surface area contributed by atoms with Crippen LogP contribution in [0.3, 0.4) is 0 Å². The zero-order chi connectivity index (χ0) is 26.1. The van der Waals surface area contributed by atoms with Gasteiger partial charge in [0.15, 0.2) is 11.5 Å². The monoisotopic (exact) mass is 568 g/mol. The van der Waals surface area contributed by atoms with E-state index in [0.717, 1.165) is 55.4 Å². The lowest BCUT2D eigenvalue weighted by molar-refractivity contribution is 0.0836. The molecular formula is C28H37BrN6O2. The molecule has 1 aromatic heterocycles. The number of anilines is 2. The lowest BCUT2D eigenvalue weighted by Gasteiger charge is -2.35. The molecule has 6 rings (SSSR count). The maximum atomic E-state index is 13.8. The van der Waals surface area contributed by atoms with Crippen LogP contribution < -0.4 is 10.2 Å². The summed E-state index contributed by atoms with van der Waals surface area (Å²) >= 11 is 3.43. The first-order chi connectivity index (χ1) is 18.0. The molecule has 198 valence electrons. The summed E-state index contributed by atoms with van der Waals surface area (Å²) in [6.07, 6.45) is 11.0. The molecule has 4 aliphatic rings. The molecule has 0 unspecified atom stereocenters. The normalized spacial score (nSPS) is 22.6. The SMILES string of the molecule is C=CC.CCN1C(=O)c2c(nc(NC3CCCCC3)n2Cc2ccc(O)c(Br)c2)N2C1=N[C@@H]1CCC[C@@H]12. The first-order valence-electron chi connectivity index (χ1n) is 13.6. The number of nitrogens with zero attached hydrogens (tertiary/aromatic N) is 5. The van der Waals surface area contributed by atoms with Gasteiger partial charge in [0.2, 0.25) is 11.9 Å². The van der Waals surface area contributed by atoms with E-state index in [2.05, 4.69) is 32.7 Å². The summed E-state index contributed by atoms with van der Waals surface area (Å²) in [6.45, 7) is 8.33. The van der Waals surface area contributed by atoms with E-state index >= 15 is 0 Å². The predicted octanol–water partition coefficient (Wildman–Crippen LogP) is 5.91. The third-order valence-electron chi connectivity index (χ3n) is 7.75. The van der Waals surface area contributed by atoms with Crippen molar-refractivity contribution in [3.05, 3.63) is 46.6 Å². The highest BCUT2D eigenvalue weighted by Crippen LogP contribution is 2.42. The van der Waals surface area contributed by atoms with Crippen molar-refractivity contribution in [1.29, 1.82) is 0 Å². The lowest BCUT2D eigenvalue weighted by Crippen LogP contribution is -2.53. The van der Waals surface area contributed by atoms with Gasteiger partial charge in [0.25, 0.3) is 5.91 Å². The van der Waals surface area contributed by atoms with Gasteiger partial charge in [0, 0.05) is 12.6 Å². The largest absolute Gasteiger partial charge is 0.507 e. The number of halogens is 1. The molecule has 1 aromatic carbocycles. The van der Waals surface area contributed by atoms with Crippen molar-refractivity contribution < 1.29 is 9.90 Å². The number of nitrogens with one attached hydrogen (secondary N) is 1. The average Bonchev–Trinajstić information content (AvgIpc) is 3.57. The van der Waals surface area contributed by atoms with Gasteiger partial charge < -0.3 is 10.4 Å². The van der Waals surface area contributed by atoms with Gasteiger partial charge in [-0.3, -0.25) is 19.2 Å². The highest BCUT2D eigenvalue weighted by Gasteiger charge is 2.49. The number of aliphatic imine (C=N–C) groups is 1. The van der Waals surface area contributed by atoms with Crippen LogP contribution in [-0.2, 0) is 6.54 Å². The number of rotatable bonds is 5. The summed E-state index contributed by atoms with van der Waals surface area (Å²) in [6, 6.07) is 6.39. The van der Waals surface area contributed by atoms with Gasteiger partial charge in [-0.1, -0.05) is 31.4 Å². The Hall–Kier alpha value is -2.81. The van der Waals surface area contributed by atoms with Crippen LogP contribution in [0.15, 0.2) is 40.3 Å². The molecule has 0 saturated heterocycles. The Morgan fingerprint density at radius 1 is 1.19 bits per heavy atom. The van der Waals surface area contributed by atoms with Gasteiger partial charge in [-0.15, -0.1) is 6.58 Å². The topological polar surface area (TPSA) is 86.0 Å². The Bertz CT molecular complexity index is 1200. The number of amides is 1. The van der Waals surface area contributed by atoms with E-state index in [1.54, 1.807) is 12.1 Å². The van der Waals surface area contributed by atoms with Crippen molar-refractivity contribution in [3.8, 4) is 5.75 Å². The molecule has 2 fully saturated rings. The number of allylic oxidation sites excluding steroid dienone is 1. The summed E-state index contributed by atoms with van der Waals surface area (Å²) in [5.41, 5.74) is 1.63. The summed E-state index contributed by atoms with van der Waals surface area (Å²) in [5.74, 6) is 2.45. The molecule has 8 nitrogen and oxygen atoms in total. The fourth-order valence-corrected chi connectivity index (χ4v) is 6.46. The predicted molar refractivity (Wildman–Crippen MR) is 152 cm³/mol. The van der Waals surface area contributed by atoms with Crippen LogP contribution in [0.5, 0.6) is 5.75 Å². The number of guanidine groups is 1. The van der Waals surface area contributed by atoms with Crippen LogP contribution in [0.25, 0.3) is 0 Å². The zero-order valence-electron chi connectivity index (χ0n) is 21.8. The van der Waals surface area contributed by atoms with Crippen LogP contribution in [-0.4, -0.2) is 56.1 Å². The standard InChI is InChI=1S/C25H31BrN6O2.C3H6/c1-2-30-23(34)21-22(32-19-10-6-9-18(19)28-25(30)32)29-24(27-16-7-4-3-5-8-16)31(21)14-15-11-12-20(33)17(26)13-15;1-3-2/h11-13,16,18-19,33H,2-10,14H2,1H3,(H,27,29);3H,1H2,2H3/t18-,19+;/m1./s1. The van der Waals surface area contributed by atoms with E-state index in [4.69, 9.17) is 9.98 Å². The Balaban J connectivity index is 0.000000892. The quantitative estimate of drug-likeness (QED) is 0.438. The molecule has 2 aliphatic carbocycles. The van der Waals surface area contributed by atoms with Crippen molar-refractivity contribution in [3.63, 3.8) is 0 Å². The number of hydrogen-bond acceptors (Lipinski definition) is 6. The molecule has 2 N–H and O–H groups in total. The summed E-state index contributed by atoms with van der Waals surface area (Å²) in [7, 11) is 0. The minimum Gasteiger partial charge on any atom is -0.507 e. The van der Waals surface area contributed by atoms with Gasteiger partial charge in [-0.25, -0.2) is 4.99 Å². The van der Waals surface area contributed by atoms with Crippen LogP contribution >= 0.6 is 15.9 Å². The van der Waals surface area contributed by atoms with Gasteiger partial charge >= 0.3 is 0 Å². The van der Waals surface area contributed by atoms with Gasteiger partial charge in [0.05, 0.1) is 23.1 Å². The van der Waals surface area contributed by atoms with E-state index in [1.807, 2.05) is 35.4 Å². The third kappa shape index (κ3) is 4.78. The Morgan fingerprint density at radius 3 is 2.65 bits per heavy atom. The maximum absolute atomic E-state index is 13.8. The second kappa shape index (κ2) is 10.9. The van der Waals surface area contributed by atoms with Crippen LogP contribution in [0.4, 0.5) is 11.8 Å². The molecule has 2 saturated carbocycles. The van der Waals surface area contributed by atoms with Crippen molar-refractivity contribution in [1.82, 2.24) is 14.5 Å². The highest BCUT2D eigenvalue weighted by molar-refractivity contribution is 9.10. The summed E-state index contributed by atoms with van der Waals surface area (Å²) in [5, 5.41) is 13.7. The fourth-order valence-electron chi connectivity index (χ4n) is 6.03. The zero-order valence-corrected chi connectivity index (χ0v) is 23.4. The number of aromatic hydroxyl groups is 1.